The van der Waals surface area contributed by atoms with Gasteiger partial charge in [-0.05, 0) is 25.2 Å². The van der Waals surface area contributed by atoms with Crippen molar-refractivity contribution in [1.29, 1.82) is 0 Å². The Balaban J connectivity index is 1.85. The minimum absolute atomic E-state index is 0.127. The van der Waals surface area contributed by atoms with E-state index in [0.29, 0.717) is 6.10 Å². The van der Waals surface area contributed by atoms with E-state index in [1.807, 2.05) is 0 Å². The van der Waals surface area contributed by atoms with Crippen LogP contribution in [0, 0.1) is 5.92 Å². The van der Waals surface area contributed by atoms with Gasteiger partial charge in [-0.1, -0.05) is 39.5 Å². The molecule has 2 rings (SSSR count). The minimum Gasteiger partial charge on any atom is -0.369 e. The van der Waals surface area contributed by atoms with Crippen LogP contribution in [0.4, 0.5) is 0 Å². The van der Waals surface area contributed by atoms with Gasteiger partial charge in [0.2, 0.25) is 0 Å². The molecular formula is C14H27NO. The lowest BCUT2D eigenvalue weighted by Gasteiger charge is -2.41. The third kappa shape index (κ3) is 2.78. The minimum atomic E-state index is 0.127. The first-order chi connectivity index (χ1) is 7.78. The smallest absolute Gasteiger partial charge is 0.0805 e. The Kier molecular flexibility index (Phi) is 4.26. The molecule has 2 aliphatic rings. The molecule has 1 aliphatic heterocycles. The Hall–Kier alpha value is -0.0800. The maximum atomic E-state index is 6.37. The van der Waals surface area contributed by atoms with Gasteiger partial charge in [0.1, 0.15) is 0 Å². The Morgan fingerprint density at radius 3 is 2.50 bits per heavy atom. The van der Waals surface area contributed by atoms with Crippen LogP contribution in [-0.4, -0.2) is 24.8 Å². The summed E-state index contributed by atoms with van der Waals surface area (Å²) in [6.45, 7) is 6.62. The van der Waals surface area contributed by atoms with E-state index in [0.717, 1.165) is 31.8 Å². The lowest BCUT2D eigenvalue weighted by atomic mass is 9.92. The summed E-state index contributed by atoms with van der Waals surface area (Å²) in [7, 11) is 0. The van der Waals surface area contributed by atoms with Crippen molar-refractivity contribution in [1.82, 2.24) is 5.32 Å². The molecule has 0 aromatic rings. The number of hydrogen-bond donors (Lipinski definition) is 1. The standard InChI is InChI=1S/C14H27NO/c1-3-14(4-2)11-15-10-13(16-14)9-12-7-5-6-8-12/h12-13,15H,3-11H2,1-2H3. The summed E-state index contributed by atoms with van der Waals surface area (Å²) in [5.41, 5.74) is 0.127. The summed E-state index contributed by atoms with van der Waals surface area (Å²) in [6, 6.07) is 0. The van der Waals surface area contributed by atoms with Crippen molar-refractivity contribution in [3.05, 3.63) is 0 Å². The summed E-state index contributed by atoms with van der Waals surface area (Å²) >= 11 is 0. The zero-order valence-corrected chi connectivity index (χ0v) is 10.9. The van der Waals surface area contributed by atoms with Gasteiger partial charge in [0, 0.05) is 13.1 Å². The van der Waals surface area contributed by atoms with Crippen LogP contribution < -0.4 is 5.32 Å². The average Bonchev–Trinajstić information content (AvgIpc) is 2.82. The lowest BCUT2D eigenvalue weighted by molar-refractivity contribution is -0.126. The maximum Gasteiger partial charge on any atom is 0.0805 e. The number of hydrogen-bond acceptors (Lipinski definition) is 2. The van der Waals surface area contributed by atoms with Crippen molar-refractivity contribution in [3.63, 3.8) is 0 Å². The van der Waals surface area contributed by atoms with Gasteiger partial charge in [0.25, 0.3) is 0 Å². The summed E-state index contributed by atoms with van der Waals surface area (Å²) in [6.07, 6.45) is 9.78. The van der Waals surface area contributed by atoms with Gasteiger partial charge in [-0.3, -0.25) is 0 Å². The predicted octanol–water partition coefficient (Wildman–Crippen LogP) is 3.11. The zero-order chi connectivity index (χ0) is 11.4. The van der Waals surface area contributed by atoms with Crippen LogP contribution in [0.15, 0.2) is 0 Å². The van der Waals surface area contributed by atoms with E-state index in [1.165, 1.54) is 32.1 Å². The normalized spacial score (nSPS) is 30.8. The van der Waals surface area contributed by atoms with Gasteiger partial charge in [-0.2, -0.15) is 0 Å². The molecule has 1 saturated carbocycles. The molecule has 0 spiro atoms. The second kappa shape index (κ2) is 5.50. The first kappa shape index (κ1) is 12.4. The highest BCUT2D eigenvalue weighted by Gasteiger charge is 2.35. The van der Waals surface area contributed by atoms with Crippen LogP contribution in [0.1, 0.15) is 58.8 Å². The number of ether oxygens (including phenoxy) is 1. The highest BCUT2D eigenvalue weighted by Crippen LogP contribution is 2.32. The van der Waals surface area contributed by atoms with Crippen LogP contribution in [-0.2, 0) is 4.74 Å². The second-order valence-electron chi connectivity index (χ2n) is 5.65. The van der Waals surface area contributed by atoms with E-state index in [4.69, 9.17) is 4.74 Å². The van der Waals surface area contributed by atoms with Crippen molar-refractivity contribution in [2.24, 2.45) is 5.92 Å². The molecule has 1 atom stereocenters. The van der Waals surface area contributed by atoms with Gasteiger partial charge in [0.15, 0.2) is 0 Å². The highest BCUT2D eigenvalue weighted by atomic mass is 16.5. The Morgan fingerprint density at radius 2 is 1.88 bits per heavy atom. The summed E-state index contributed by atoms with van der Waals surface area (Å²) in [4.78, 5) is 0. The second-order valence-corrected chi connectivity index (χ2v) is 5.65. The quantitative estimate of drug-likeness (QED) is 0.794. The third-order valence-corrected chi connectivity index (χ3v) is 4.60. The Bertz CT molecular complexity index is 207. The summed E-state index contributed by atoms with van der Waals surface area (Å²) < 4.78 is 6.37. The van der Waals surface area contributed by atoms with Gasteiger partial charge in [-0.25, -0.2) is 0 Å². The van der Waals surface area contributed by atoms with E-state index < -0.39 is 0 Å². The summed E-state index contributed by atoms with van der Waals surface area (Å²) in [5, 5.41) is 3.58. The van der Waals surface area contributed by atoms with Gasteiger partial charge >= 0.3 is 0 Å². The molecule has 16 heavy (non-hydrogen) atoms. The van der Waals surface area contributed by atoms with E-state index >= 15 is 0 Å². The van der Waals surface area contributed by atoms with Gasteiger partial charge < -0.3 is 10.1 Å². The van der Waals surface area contributed by atoms with Gasteiger partial charge in [-0.15, -0.1) is 0 Å². The summed E-state index contributed by atoms with van der Waals surface area (Å²) in [5.74, 6) is 0.941. The first-order valence-corrected chi connectivity index (χ1v) is 7.16. The number of morpholine rings is 1. The third-order valence-electron chi connectivity index (χ3n) is 4.60. The van der Waals surface area contributed by atoms with Crippen LogP contribution >= 0.6 is 0 Å². The first-order valence-electron chi connectivity index (χ1n) is 7.16. The highest BCUT2D eigenvalue weighted by molar-refractivity contribution is 4.88. The zero-order valence-electron chi connectivity index (χ0n) is 10.9. The molecule has 1 unspecified atom stereocenters. The maximum absolute atomic E-state index is 6.37. The molecule has 1 heterocycles. The van der Waals surface area contributed by atoms with E-state index in [2.05, 4.69) is 19.2 Å². The fourth-order valence-corrected chi connectivity index (χ4v) is 3.31. The van der Waals surface area contributed by atoms with E-state index in [1.54, 1.807) is 0 Å². The van der Waals surface area contributed by atoms with Crippen molar-refractivity contribution < 1.29 is 4.74 Å². The molecule has 2 nitrogen and oxygen atoms in total. The molecule has 1 aliphatic carbocycles. The van der Waals surface area contributed by atoms with Crippen LogP contribution in [0.3, 0.4) is 0 Å². The molecule has 0 aromatic heterocycles. The molecule has 0 radical (unpaired) electrons. The van der Waals surface area contributed by atoms with Crippen LogP contribution in [0.5, 0.6) is 0 Å². The van der Waals surface area contributed by atoms with Gasteiger partial charge in [0.05, 0.1) is 11.7 Å². The number of rotatable bonds is 4. The van der Waals surface area contributed by atoms with Crippen molar-refractivity contribution in [3.8, 4) is 0 Å². The fraction of sp³-hybridized carbons (Fsp3) is 1.00. The average molecular weight is 225 g/mol. The molecule has 1 saturated heterocycles. The number of nitrogens with one attached hydrogen (secondary N) is 1. The fourth-order valence-electron chi connectivity index (χ4n) is 3.31. The molecular weight excluding hydrogens is 198 g/mol. The topological polar surface area (TPSA) is 21.3 Å². The Labute approximate surface area is 100 Å². The van der Waals surface area contributed by atoms with Crippen molar-refractivity contribution >= 4 is 0 Å². The monoisotopic (exact) mass is 225 g/mol. The van der Waals surface area contributed by atoms with E-state index in [-0.39, 0.29) is 5.60 Å². The molecule has 0 bridgehead atoms. The van der Waals surface area contributed by atoms with Crippen LogP contribution in [0.25, 0.3) is 0 Å². The SMILES string of the molecule is CCC1(CC)CNCC(CC2CCCC2)O1. The van der Waals surface area contributed by atoms with Crippen molar-refractivity contribution in [2.75, 3.05) is 13.1 Å². The molecule has 0 aromatic carbocycles. The molecule has 94 valence electrons. The molecule has 0 amide bonds. The van der Waals surface area contributed by atoms with Crippen molar-refractivity contribution in [2.45, 2.75) is 70.5 Å². The predicted molar refractivity (Wildman–Crippen MR) is 67.6 cm³/mol. The largest absolute Gasteiger partial charge is 0.369 e. The molecule has 1 N–H and O–H groups in total. The lowest BCUT2D eigenvalue weighted by Crippen LogP contribution is -2.53. The molecule has 2 fully saturated rings. The van der Waals surface area contributed by atoms with E-state index in [9.17, 15) is 0 Å². The van der Waals surface area contributed by atoms with Crippen LogP contribution in [0.2, 0.25) is 0 Å². The molecule has 2 heteroatoms. The Morgan fingerprint density at radius 1 is 1.19 bits per heavy atom.